The van der Waals surface area contributed by atoms with E-state index in [1.54, 1.807) is 12.3 Å². The molecule has 12 heteroatoms. The van der Waals surface area contributed by atoms with Crippen molar-refractivity contribution in [1.29, 1.82) is 0 Å². The first kappa shape index (κ1) is 41.1. The van der Waals surface area contributed by atoms with E-state index >= 15 is 0 Å². The Balaban J connectivity index is 0.00000242. The van der Waals surface area contributed by atoms with E-state index in [1.807, 2.05) is 26.8 Å². The van der Waals surface area contributed by atoms with Crippen LogP contribution in [0.4, 0.5) is 0 Å². The second kappa shape index (κ2) is 16.8. The Bertz CT molecular complexity index is 1640. The fourth-order valence-electron chi connectivity index (χ4n) is 6.66. The van der Waals surface area contributed by atoms with Crippen LogP contribution in [0.3, 0.4) is 0 Å². The quantitative estimate of drug-likeness (QED) is 0.208. The van der Waals surface area contributed by atoms with Crippen molar-refractivity contribution in [2.45, 2.75) is 84.3 Å². The van der Waals surface area contributed by atoms with Crippen molar-refractivity contribution in [3.8, 4) is 0 Å². The minimum atomic E-state index is -1.09. The van der Waals surface area contributed by atoms with Gasteiger partial charge in [0.2, 0.25) is 5.91 Å². The van der Waals surface area contributed by atoms with E-state index in [-0.39, 0.29) is 135 Å². The van der Waals surface area contributed by atoms with Gasteiger partial charge in [-0.2, -0.15) is 5.56 Å². The van der Waals surface area contributed by atoms with Crippen LogP contribution in [0.5, 0.6) is 0 Å². The molecular formula is C32H36Co2N4Na2O4-. The molecule has 0 aromatic carbocycles. The molecule has 0 spiro atoms. The summed E-state index contributed by atoms with van der Waals surface area (Å²) in [5, 5.41) is 19.8. The Morgan fingerprint density at radius 3 is 2.36 bits per heavy atom. The zero-order valence-electron chi connectivity index (χ0n) is 26.4. The Hall–Kier alpha value is -0.897. The first-order valence-corrected chi connectivity index (χ1v) is 13.9. The number of aryl methyl sites for hydroxylation is 1. The number of carboxylic acids is 1. The van der Waals surface area contributed by atoms with Crippen LogP contribution in [0.15, 0.2) is 41.1 Å². The summed E-state index contributed by atoms with van der Waals surface area (Å²) in [5.74, 6) is -1.19. The fourth-order valence-corrected chi connectivity index (χ4v) is 6.66. The zero-order valence-corrected chi connectivity index (χ0v) is 32.5. The van der Waals surface area contributed by atoms with Gasteiger partial charge in [0.15, 0.2) is 5.78 Å². The third-order valence-electron chi connectivity index (χ3n) is 8.87. The second-order valence-electron chi connectivity index (χ2n) is 11.1. The molecule has 1 aliphatic carbocycles. The van der Waals surface area contributed by atoms with Crippen LogP contribution >= 0.6 is 0 Å². The summed E-state index contributed by atoms with van der Waals surface area (Å²) in [7, 11) is 0. The maximum atomic E-state index is 13.2. The molecule has 1 amide bonds. The average molecular weight is 705 g/mol. The molecule has 1 saturated carbocycles. The van der Waals surface area contributed by atoms with Crippen LogP contribution < -0.4 is 56.0 Å². The first-order valence-electron chi connectivity index (χ1n) is 13.9. The molecule has 0 bridgehead atoms. The number of amides is 1. The summed E-state index contributed by atoms with van der Waals surface area (Å²) < 4.78 is 0. The van der Waals surface area contributed by atoms with Gasteiger partial charge in [-0.05, 0) is 74.0 Å². The van der Waals surface area contributed by atoms with Crippen molar-refractivity contribution in [3.05, 3.63) is 79.8 Å². The molecule has 1 fully saturated rings. The number of aliphatic carboxylic acids is 1. The van der Waals surface area contributed by atoms with Gasteiger partial charge in [0.05, 0.1) is 6.04 Å². The van der Waals surface area contributed by atoms with Gasteiger partial charge >= 0.3 is 29.6 Å². The number of Topliss-reactive ketones (excluding diaryl/α,β-unsaturated/α-hetero) is 1. The van der Waals surface area contributed by atoms with Crippen LogP contribution in [0.2, 0.25) is 0 Å². The average Bonchev–Trinajstić information content (AvgIpc) is 3.66. The normalized spacial score (nSPS) is 23.1. The number of rotatable bonds is 8. The van der Waals surface area contributed by atoms with Crippen LogP contribution in [0, 0.1) is 13.8 Å². The Morgan fingerprint density at radius 1 is 1.09 bits per heavy atom. The van der Waals surface area contributed by atoms with E-state index in [4.69, 9.17) is 0 Å². The number of fused-ring (bicyclic) bond motifs is 1. The van der Waals surface area contributed by atoms with E-state index < -0.39 is 5.97 Å². The van der Waals surface area contributed by atoms with E-state index in [0.29, 0.717) is 18.4 Å². The number of H-pyrrole nitrogens is 1. The number of hydrogen-bond acceptors (Lipinski definition) is 6. The molecule has 8 nitrogen and oxygen atoms in total. The van der Waals surface area contributed by atoms with Gasteiger partial charge in [0, 0.05) is 109 Å². The van der Waals surface area contributed by atoms with Gasteiger partial charge in [-0.25, -0.2) is 0 Å². The number of carbonyl (C=O) groups is 3. The number of aromatic nitrogens is 2. The van der Waals surface area contributed by atoms with E-state index in [1.165, 1.54) is 5.56 Å². The second-order valence-corrected chi connectivity index (χ2v) is 11.1. The smallest absolute Gasteiger partial charge is 0.550 e. The minimum Gasteiger partial charge on any atom is -0.550 e. The minimum absolute atomic E-state index is 0. The monoisotopic (exact) mass is 704 g/mol. The van der Waals surface area contributed by atoms with Gasteiger partial charge in [-0.15, -0.1) is 11.3 Å². The number of ketones is 1. The maximum absolute atomic E-state index is 13.2. The van der Waals surface area contributed by atoms with Crippen molar-refractivity contribution >= 4 is 59.4 Å². The van der Waals surface area contributed by atoms with E-state index in [2.05, 4.69) is 47.1 Å². The SMILES string of the molecule is C=CC1=C(C)C(=O)NC1/C=c1/[nH]/c(=C/C2NC3C(=C2C)C(=O)CC3c2n[cH-]c(C)c2CCC(=O)[O-])c(CC)c1C.[Co].[Co].[Na+].[Na]. The number of nitrogens with one attached hydrogen (secondary N) is 3. The molecule has 4 unspecified atom stereocenters. The Morgan fingerprint density at radius 2 is 1.75 bits per heavy atom. The molecule has 3 radical (unpaired) electrons. The molecule has 4 heterocycles. The third kappa shape index (κ3) is 7.63. The van der Waals surface area contributed by atoms with E-state index in [0.717, 1.165) is 56.2 Å². The molecular weight excluding hydrogens is 668 g/mol. The van der Waals surface area contributed by atoms with Crippen LogP contribution in [-0.2, 0) is 60.8 Å². The molecule has 4 atom stereocenters. The number of nitrogens with zero attached hydrogens (tertiary/aromatic N) is 1. The molecule has 2 aromatic rings. The molecule has 3 N–H and O–H groups in total. The molecule has 2 aliphatic heterocycles. The maximum Gasteiger partial charge on any atom is 1.00 e. The van der Waals surface area contributed by atoms with Crippen molar-refractivity contribution in [2.75, 3.05) is 0 Å². The number of carboxylic acid groups (broad SMARTS) is 1. The molecule has 229 valence electrons. The molecule has 44 heavy (non-hydrogen) atoms. The summed E-state index contributed by atoms with van der Waals surface area (Å²) >= 11 is 0. The van der Waals surface area contributed by atoms with Gasteiger partial charge in [0.25, 0.3) is 0 Å². The van der Waals surface area contributed by atoms with Gasteiger partial charge in [0.1, 0.15) is 0 Å². The van der Waals surface area contributed by atoms with Gasteiger partial charge in [-0.1, -0.05) is 39.1 Å². The summed E-state index contributed by atoms with van der Waals surface area (Å²) in [6, 6.07) is -0.547. The molecule has 5 rings (SSSR count). The van der Waals surface area contributed by atoms with Gasteiger partial charge < -0.3 is 30.5 Å². The predicted octanol–water partition coefficient (Wildman–Crippen LogP) is -2.42. The number of carbonyl (C=O) groups excluding carboxylic acids is 3. The van der Waals surface area contributed by atoms with Crippen LogP contribution in [0.25, 0.3) is 12.2 Å². The number of hydrogen-bond donors (Lipinski definition) is 3. The Labute approximate surface area is 323 Å². The summed E-state index contributed by atoms with van der Waals surface area (Å²) in [5.41, 5.74) is 8.37. The summed E-state index contributed by atoms with van der Waals surface area (Å²) in [6.07, 6.45) is 9.15. The van der Waals surface area contributed by atoms with Crippen molar-refractivity contribution in [3.63, 3.8) is 0 Å². The van der Waals surface area contributed by atoms with E-state index in [9.17, 15) is 19.5 Å². The largest absolute Gasteiger partial charge is 1.00 e. The fraction of sp³-hybridized carbons (Fsp3) is 0.406. The summed E-state index contributed by atoms with van der Waals surface area (Å²) in [6.45, 7) is 13.8. The molecule has 2 aromatic heterocycles. The molecule has 0 saturated heterocycles. The molecule has 3 aliphatic rings. The van der Waals surface area contributed by atoms with Crippen molar-refractivity contribution in [2.24, 2.45) is 0 Å². The van der Waals surface area contributed by atoms with Gasteiger partial charge in [-0.3, -0.25) is 9.59 Å². The first-order chi connectivity index (χ1) is 19.0. The van der Waals surface area contributed by atoms with Crippen LogP contribution in [0.1, 0.15) is 67.5 Å². The predicted molar refractivity (Wildman–Crippen MR) is 157 cm³/mol. The van der Waals surface area contributed by atoms with Crippen molar-refractivity contribution in [1.82, 2.24) is 20.6 Å². The standard InChI is InChI=1S/C32H37N4O4.2Co.2Na/c1-7-19-16(4)23(12-26-20(8-2)17(5)32(40)36-26)34-25(19)13-24-18(6)29-27(37)11-22(31(29)35-24)30-21(9-10-28(38)39)15(3)14-33-30;;;;/h8,12-14,22,24,26,31,34-35H,2,7,9-11H2,1,3-6H3,(H,36,40)(H,38,39);;;;/q-1;;;;+1/p-1/b23-12+,25-13+;;;;. The van der Waals surface area contributed by atoms with Crippen LogP contribution in [-0.4, -0.2) is 75.3 Å². The zero-order chi connectivity index (χ0) is 28.9. The number of aromatic amines is 1. The van der Waals surface area contributed by atoms with Crippen molar-refractivity contribution < 1.29 is 82.6 Å². The third-order valence-corrected chi connectivity index (χ3v) is 8.87. The topological polar surface area (TPSA) is 127 Å². The Kier molecular flexibility index (Phi) is 15.7. The summed E-state index contributed by atoms with van der Waals surface area (Å²) in [4.78, 5) is 44.8.